The molecule has 1 amide bonds. The van der Waals surface area contributed by atoms with Gasteiger partial charge >= 0.3 is 0 Å². The van der Waals surface area contributed by atoms with Crippen molar-refractivity contribution in [3.05, 3.63) is 35.6 Å². The summed E-state index contributed by atoms with van der Waals surface area (Å²) in [6.07, 6.45) is -2.25. The van der Waals surface area contributed by atoms with Crippen molar-refractivity contribution in [3.8, 4) is 0 Å². The molecule has 0 spiro atoms. The molecule has 0 saturated carbocycles. The highest BCUT2D eigenvalue weighted by Gasteiger charge is 2.28. The lowest BCUT2D eigenvalue weighted by molar-refractivity contribution is -0.128. The number of amides is 1. The van der Waals surface area contributed by atoms with Gasteiger partial charge in [0.2, 0.25) is 5.91 Å². The van der Waals surface area contributed by atoms with Crippen molar-refractivity contribution in [2.24, 2.45) is 5.92 Å². The summed E-state index contributed by atoms with van der Waals surface area (Å²) in [5, 5.41) is 13.0. The molecule has 0 bridgehead atoms. The molecule has 7 heteroatoms. The Labute approximate surface area is 139 Å². The molecule has 1 aromatic carbocycles. The van der Waals surface area contributed by atoms with Gasteiger partial charge in [0.1, 0.15) is 5.82 Å². The zero-order valence-corrected chi connectivity index (χ0v) is 13.6. The van der Waals surface area contributed by atoms with Gasteiger partial charge in [-0.1, -0.05) is 12.1 Å². The molecule has 24 heavy (non-hydrogen) atoms. The van der Waals surface area contributed by atoms with Crippen molar-refractivity contribution < 1.29 is 23.1 Å². The van der Waals surface area contributed by atoms with Gasteiger partial charge in [-0.05, 0) is 50.6 Å². The van der Waals surface area contributed by atoms with Crippen LogP contribution in [0, 0.1) is 11.7 Å². The average Bonchev–Trinajstić information content (AvgIpc) is 2.55. The van der Waals surface area contributed by atoms with E-state index in [1.807, 2.05) is 0 Å². The number of aliphatic hydroxyl groups is 1. The highest BCUT2D eigenvalue weighted by atomic mass is 19.3. The summed E-state index contributed by atoms with van der Waals surface area (Å²) in [6, 6.07) is 4.94. The first-order valence-corrected chi connectivity index (χ1v) is 8.11. The summed E-state index contributed by atoms with van der Waals surface area (Å²) in [4.78, 5) is 13.9. The Morgan fingerprint density at radius 1 is 1.29 bits per heavy atom. The third-order valence-corrected chi connectivity index (χ3v) is 4.41. The Morgan fingerprint density at radius 3 is 2.42 bits per heavy atom. The van der Waals surface area contributed by atoms with E-state index in [0.29, 0.717) is 31.5 Å². The maximum Gasteiger partial charge on any atom is 0.251 e. The van der Waals surface area contributed by atoms with E-state index in [0.717, 1.165) is 0 Å². The second kappa shape index (κ2) is 8.48. The highest BCUT2D eigenvalue weighted by Crippen LogP contribution is 2.21. The monoisotopic (exact) mass is 344 g/mol. The number of benzene rings is 1. The number of nitrogens with one attached hydrogen (secondary N) is 1. The summed E-state index contributed by atoms with van der Waals surface area (Å²) in [6.45, 7) is 2.36. The Morgan fingerprint density at radius 2 is 1.88 bits per heavy atom. The number of carbonyl (C=O) groups excluding carboxylic acids is 1. The van der Waals surface area contributed by atoms with Crippen molar-refractivity contribution in [1.29, 1.82) is 0 Å². The highest BCUT2D eigenvalue weighted by molar-refractivity contribution is 5.79. The number of hydrogen-bond donors (Lipinski definition) is 2. The van der Waals surface area contributed by atoms with Crippen LogP contribution in [0.3, 0.4) is 0 Å². The van der Waals surface area contributed by atoms with Gasteiger partial charge in [0.25, 0.3) is 6.43 Å². The minimum atomic E-state index is -2.36. The molecule has 0 aliphatic carbocycles. The second-order valence-electron chi connectivity index (χ2n) is 6.26. The van der Waals surface area contributed by atoms with Crippen molar-refractivity contribution in [3.63, 3.8) is 0 Å². The van der Waals surface area contributed by atoms with E-state index in [1.165, 1.54) is 24.3 Å². The summed E-state index contributed by atoms with van der Waals surface area (Å²) in [5.74, 6) is -0.805. The summed E-state index contributed by atoms with van der Waals surface area (Å²) < 4.78 is 37.6. The maximum absolute atomic E-state index is 12.9. The van der Waals surface area contributed by atoms with Crippen molar-refractivity contribution in [1.82, 2.24) is 10.2 Å². The van der Waals surface area contributed by atoms with Crippen LogP contribution in [0.2, 0.25) is 0 Å². The van der Waals surface area contributed by atoms with Gasteiger partial charge in [0.15, 0.2) is 0 Å². The lowest BCUT2D eigenvalue weighted by Gasteiger charge is -2.32. The first-order chi connectivity index (χ1) is 11.4. The molecular weight excluding hydrogens is 321 g/mol. The first kappa shape index (κ1) is 18.7. The lowest BCUT2D eigenvalue weighted by atomic mass is 9.95. The van der Waals surface area contributed by atoms with Gasteiger partial charge in [-0.2, -0.15) is 0 Å². The van der Waals surface area contributed by atoms with Gasteiger partial charge in [-0.3, -0.25) is 9.69 Å². The van der Waals surface area contributed by atoms with Crippen LogP contribution < -0.4 is 5.32 Å². The number of aliphatic hydroxyl groups excluding tert-OH is 1. The number of hydrogen-bond acceptors (Lipinski definition) is 3. The van der Waals surface area contributed by atoms with Crippen LogP contribution in [0.5, 0.6) is 0 Å². The molecule has 1 aromatic rings. The van der Waals surface area contributed by atoms with Gasteiger partial charge in [-0.25, -0.2) is 13.2 Å². The van der Waals surface area contributed by atoms with Crippen molar-refractivity contribution >= 4 is 5.91 Å². The number of piperidine rings is 1. The quantitative estimate of drug-likeness (QED) is 0.833. The minimum absolute atomic E-state index is 0.180. The van der Waals surface area contributed by atoms with Gasteiger partial charge in [0.05, 0.1) is 18.7 Å². The van der Waals surface area contributed by atoms with Crippen LogP contribution in [0.15, 0.2) is 24.3 Å². The van der Waals surface area contributed by atoms with Crippen LogP contribution in [-0.2, 0) is 4.79 Å². The Bertz CT molecular complexity index is 531. The maximum atomic E-state index is 12.9. The molecule has 1 aliphatic rings. The van der Waals surface area contributed by atoms with Gasteiger partial charge in [0, 0.05) is 5.92 Å². The third kappa shape index (κ3) is 5.21. The first-order valence-electron chi connectivity index (χ1n) is 8.11. The summed E-state index contributed by atoms with van der Waals surface area (Å²) in [7, 11) is 0. The number of halogens is 3. The molecule has 134 valence electrons. The van der Waals surface area contributed by atoms with E-state index in [9.17, 15) is 23.1 Å². The normalized spacial score (nSPS) is 19.2. The number of likely N-dealkylation sites (tertiary alicyclic amines) is 1. The average molecular weight is 344 g/mol. The van der Waals surface area contributed by atoms with E-state index < -0.39 is 24.4 Å². The number of carbonyl (C=O) groups is 1. The Kier molecular flexibility index (Phi) is 6.62. The Hall–Kier alpha value is -1.60. The van der Waals surface area contributed by atoms with Crippen LogP contribution in [0.4, 0.5) is 13.2 Å². The fraction of sp³-hybridized carbons (Fsp3) is 0.588. The summed E-state index contributed by atoms with van der Waals surface area (Å²) in [5.41, 5.74) is 0.524. The lowest BCUT2D eigenvalue weighted by Crippen LogP contribution is -2.45. The molecule has 0 radical (unpaired) electrons. The largest absolute Gasteiger partial charge is 0.386 e. The molecular formula is C17H23F3N2O2. The SMILES string of the molecule is C[C@@H](NC(=O)C1CCN(CC(F)F)CC1)[C@H](O)c1ccc(F)cc1. The second-order valence-corrected chi connectivity index (χ2v) is 6.26. The minimum Gasteiger partial charge on any atom is -0.386 e. The van der Waals surface area contributed by atoms with Crippen molar-refractivity contribution in [2.75, 3.05) is 19.6 Å². The summed E-state index contributed by atoms with van der Waals surface area (Å²) >= 11 is 0. The van der Waals surface area contributed by atoms with E-state index in [4.69, 9.17) is 0 Å². The zero-order chi connectivity index (χ0) is 17.7. The smallest absolute Gasteiger partial charge is 0.251 e. The topological polar surface area (TPSA) is 52.6 Å². The predicted octanol–water partition coefficient (Wildman–Crippen LogP) is 2.34. The molecule has 0 unspecified atom stereocenters. The number of alkyl halides is 2. The molecule has 1 heterocycles. The Balaban J connectivity index is 1.82. The molecule has 1 fully saturated rings. The molecule has 2 atom stereocenters. The van der Waals surface area contributed by atoms with Crippen LogP contribution in [0.25, 0.3) is 0 Å². The van der Waals surface area contributed by atoms with E-state index >= 15 is 0 Å². The molecule has 1 aliphatic heterocycles. The molecule has 4 nitrogen and oxygen atoms in total. The van der Waals surface area contributed by atoms with E-state index in [1.54, 1.807) is 11.8 Å². The fourth-order valence-electron chi connectivity index (χ4n) is 2.94. The molecule has 2 N–H and O–H groups in total. The number of nitrogens with zero attached hydrogens (tertiary/aromatic N) is 1. The molecule has 1 saturated heterocycles. The van der Waals surface area contributed by atoms with Gasteiger partial charge < -0.3 is 10.4 Å². The van der Waals surface area contributed by atoms with Crippen LogP contribution in [-0.4, -0.2) is 48.0 Å². The van der Waals surface area contributed by atoms with Crippen LogP contribution in [0.1, 0.15) is 31.4 Å². The fourth-order valence-corrected chi connectivity index (χ4v) is 2.94. The van der Waals surface area contributed by atoms with E-state index in [2.05, 4.69) is 5.32 Å². The predicted molar refractivity (Wildman–Crippen MR) is 84.1 cm³/mol. The standard InChI is InChI=1S/C17H23F3N2O2/c1-11(16(23)12-2-4-14(18)5-3-12)21-17(24)13-6-8-22(9-7-13)10-15(19)20/h2-5,11,13,15-16,23H,6-10H2,1H3,(H,21,24)/t11-,16+/m1/s1. The molecule has 2 rings (SSSR count). The van der Waals surface area contributed by atoms with Gasteiger partial charge in [-0.15, -0.1) is 0 Å². The molecule has 0 aromatic heterocycles. The van der Waals surface area contributed by atoms with Crippen LogP contribution >= 0.6 is 0 Å². The zero-order valence-electron chi connectivity index (χ0n) is 13.6. The van der Waals surface area contributed by atoms with E-state index in [-0.39, 0.29) is 18.4 Å². The van der Waals surface area contributed by atoms with Crippen molar-refractivity contribution in [2.45, 2.75) is 38.3 Å². The number of rotatable bonds is 6. The third-order valence-electron chi connectivity index (χ3n) is 4.41.